The number of esters is 1. The number of hydrogen-bond acceptors (Lipinski definition) is 4. The van der Waals surface area contributed by atoms with E-state index in [-0.39, 0.29) is 11.7 Å². The van der Waals surface area contributed by atoms with E-state index in [1.165, 1.54) is 13.2 Å². The van der Waals surface area contributed by atoms with Crippen LogP contribution in [0.3, 0.4) is 0 Å². The number of carbonyl (C=O) groups is 2. The number of rotatable bonds is 7. The van der Waals surface area contributed by atoms with Crippen LogP contribution >= 0.6 is 0 Å². The number of amides is 1. The second-order valence-corrected chi connectivity index (χ2v) is 6.45. The van der Waals surface area contributed by atoms with Gasteiger partial charge in [-0.05, 0) is 57.4 Å². The zero-order valence-corrected chi connectivity index (χ0v) is 15.6. The van der Waals surface area contributed by atoms with Crippen LogP contribution in [0.5, 0.6) is 5.75 Å². The summed E-state index contributed by atoms with van der Waals surface area (Å²) in [4.78, 5) is 23.7. The van der Waals surface area contributed by atoms with Crippen LogP contribution in [0.4, 0.5) is 4.39 Å². The smallest absolute Gasteiger partial charge is 0.330 e. The van der Waals surface area contributed by atoms with Crippen molar-refractivity contribution in [2.45, 2.75) is 52.7 Å². The highest BCUT2D eigenvalue weighted by Crippen LogP contribution is 2.22. The van der Waals surface area contributed by atoms with Crippen LogP contribution in [0.15, 0.2) is 24.3 Å². The Balaban J connectivity index is 2.84. The maximum absolute atomic E-state index is 13.7. The van der Waals surface area contributed by atoms with Crippen molar-refractivity contribution in [3.63, 3.8) is 0 Å². The second-order valence-electron chi connectivity index (χ2n) is 6.45. The summed E-state index contributed by atoms with van der Waals surface area (Å²) in [5.74, 6) is -0.648. The van der Waals surface area contributed by atoms with Gasteiger partial charge in [-0.2, -0.15) is 0 Å². The number of methoxy groups -OCH3 is 1. The van der Waals surface area contributed by atoms with E-state index >= 15 is 0 Å². The van der Waals surface area contributed by atoms with Crippen LogP contribution < -0.4 is 10.1 Å². The highest BCUT2D eigenvalue weighted by molar-refractivity contribution is 5.84. The van der Waals surface area contributed by atoms with Gasteiger partial charge in [0.05, 0.1) is 12.6 Å². The Morgan fingerprint density at radius 3 is 2.32 bits per heavy atom. The summed E-state index contributed by atoms with van der Waals surface area (Å²) in [6.07, 6.45) is 2.53. The van der Waals surface area contributed by atoms with Gasteiger partial charge in [-0.25, -0.2) is 9.18 Å². The average molecular weight is 351 g/mol. The molecule has 1 amide bonds. The minimum atomic E-state index is -0.753. The van der Waals surface area contributed by atoms with Crippen LogP contribution in [0.2, 0.25) is 0 Å². The lowest BCUT2D eigenvalue weighted by molar-refractivity contribution is -0.135. The number of benzene rings is 1. The molecule has 6 heteroatoms. The topological polar surface area (TPSA) is 64.6 Å². The van der Waals surface area contributed by atoms with E-state index in [0.717, 1.165) is 0 Å². The number of hydrogen-bond donors (Lipinski definition) is 1. The zero-order chi connectivity index (χ0) is 19.2. The summed E-state index contributed by atoms with van der Waals surface area (Å²) in [6, 6.07) is 3.14. The minimum absolute atomic E-state index is 0.279. The molecule has 1 atom stereocenters. The fraction of sp³-hybridized carbons (Fsp3) is 0.474. The molecule has 0 heterocycles. The highest BCUT2D eigenvalue weighted by Gasteiger charge is 2.25. The molecule has 0 unspecified atom stereocenters. The molecule has 1 aromatic carbocycles. The van der Waals surface area contributed by atoms with Gasteiger partial charge in [0.2, 0.25) is 0 Å². The van der Waals surface area contributed by atoms with Gasteiger partial charge in [-0.15, -0.1) is 0 Å². The second kappa shape index (κ2) is 8.65. The van der Waals surface area contributed by atoms with Gasteiger partial charge in [0.25, 0.3) is 5.91 Å². The lowest BCUT2D eigenvalue weighted by atomic mass is 10.0. The third-order valence-electron chi connectivity index (χ3n) is 3.63. The highest BCUT2D eigenvalue weighted by atomic mass is 19.1. The molecule has 0 saturated carbocycles. The monoisotopic (exact) mass is 351 g/mol. The van der Waals surface area contributed by atoms with Crippen molar-refractivity contribution in [1.82, 2.24) is 5.32 Å². The Labute approximate surface area is 148 Å². The van der Waals surface area contributed by atoms with Crippen molar-refractivity contribution in [2.24, 2.45) is 0 Å². The largest absolute Gasteiger partial charge is 0.481 e. The van der Waals surface area contributed by atoms with E-state index in [4.69, 9.17) is 4.74 Å². The molecule has 0 radical (unpaired) electrons. The van der Waals surface area contributed by atoms with Crippen LogP contribution in [0.1, 0.15) is 38.3 Å². The summed E-state index contributed by atoms with van der Waals surface area (Å²) in [7, 11) is 1.28. The molecule has 1 aromatic rings. The lowest BCUT2D eigenvalue weighted by Gasteiger charge is -2.26. The molecule has 0 spiro atoms. The molecule has 0 aliphatic heterocycles. The summed E-state index contributed by atoms with van der Waals surface area (Å²) < 4.78 is 24.0. The zero-order valence-electron chi connectivity index (χ0n) is 15.6. The SMILES string of the molecule is CC[C@@H](Oc1cc(C)c(F)c(C)c1)C(=O)NC(C)(C)/C=C/C(=O)OC. The molecule has 0 aliphatic rings. The van der Waals surface area contributed by atoms with E-state index in [1.807, 2.05) is 6.92 Å². The standard InChI is InChI=1S/C19H26FNO4/c1-7-15(25-14-10-12(2)17(20)13(3)11-14)18(23)21-19(4,5)9-8-16(22)24-6/h8-11,15H,7H2,1-6H3,(H,21,23)/b9-8+/t15-/m1/s1. The molecular formula is C19H26FNO4. The van der Waals surface area contributed by atoms with E-state index in [9.17, 15) is 14.0 Å². The number of carbonyl (C=O) groups excluding carboxylic acids is 2. The maximum Gasteiger partial charge on any atom is 0.330 e. The predicted octanol–water partition coefficient (Wildman–Crippen LogP) is 3.22. The van der Waals surface area contributed by atoms with Gasteiger partial charge in [0, 0.05) is 6.08 Å². The molecule has 0 aromatic heterocycles. The molecule has 0 fully saturated rings. The van der Waals surface area contributed by atoms with E-state index < -0.39 is 17.6 Å². The van der Waals surface area contributed by atoms with Crippen LogP contribution in [-0.2, 0) is 14.3 Å². The average Bonchev–Trinajstić information content (AvgIpc) is 2.54. The van der Waals surface area contributed by atoms with Gasteiger partial charge in [-0.1, -0.05) is 13.0 Å². The van der Waals surface area contributed by atoms with Gasteiger partial charge in [-0.3, -0.25) is 4.79 Å². The summed E-state index contributed by atoms with van der Waals surface area (Å²) in [5, 5.41) is 2.82. The van der Waals surface area contributed by atoms with E-state index in [1.54, 1.807) is 45.9 Å². The minimum Gasteiger partial charge on any atom is -0.481 e. The predicted molar refractivity (Wildman–Crippen MR) is 94.0 cm³/mol. The third-order valence-corrected chi connectivity index (χ3v) is 3.63. The van der Waals surface area contributed by atoms with Crippen molar-refractivity contribution in [3.05, 3.63) is 41.2 Å². The molecule has 0 bridgehead atoms. The molecule has 1 rings (SSSR count). The first-order chi connectivity index (χ1) is 11.6. The number of nitrogens with one attached hydrogen (secondary N) is 1. The maximum atomic E-state index is 13.7. The van der Waals surface area contributed by atoms with E-state index in [0.29, 0.717) is 23.3 Å². The van der Waals surface area contributed by atoms with Gasteiger partial charge in [0.1, 0.15) is 11.6 Å². The Morgan fingerprint density at radius 1 is 1.28 bits per heavy atom. The van der Waals surface area contributed by atoms with E-state index in [2.05, 4.69) is 10.1 Å². The third kappa shape index (κ3) is 6.21. The van der Waals surface area contributed by atoms with Crippen molar-refractivity contribution in [3.8, 4) is 5.75 Å². The summed E-state index contributed by atoms with van der Waals surface area (Å²) in [5.41, 5.74) is 0.176. The van der Waals surface area contributed by atoms with Gasteiger partial charge < -0.3 is 14.8 Å². The van der Waals surface area contributed by atoms with Crippen molar-refractivity contribution >= 4 is 11.9 Å². The fourth-order valence-electron chi connectivity index (χ4n) is 2.24. The normalized spacial score (nSPS) is 12.8. The molecule has 0 saturated heterocycles. The first kappa shape index (κ1) is 20.7. The molecule has 0 aliphatic carbocycles. The Bertz CT molecular complexity index is 644. The van der Waals surface area contributed by atoms with Crippen LogP contribution in [0.25, 0.3) is 0 Å². The molecule has 1 N–H and O–H groups in total. The number of halogens is 1. The van der Waals surface area contributed by atoms with Crippen LogP contribution in [-0.4, -0.2) is 30.6 Å². The lowest BCUT2D eigenvalue weighted by Crippen LogP contribution is -2.48. The fourth-order valence-corrected chi connectivity index (χ4v) is 2.24. The number of ether oxygens (including phenoxy) is 2. The van der Waals surface area contributed by atoms with Crippen molar-refractivity contribution in [1.29, 1.82) is 0 Å². The molecule has 25 heavy (non-hydrogen) atoms. The Kier molecular flexibility index (Phi) is 7.15. The summed E-state index contributed by atoms with van der Waals surface area (Å²) >= 11 is 0. The summed E-state index contributed by atoms with van der Waals surface area (Å²) in [6.45, 7) is 8.63. The van der Waals surface area contributed by atoms with Crippen molar-refractivity contribution in [2.75, 3.05) is 7.11 Å². The van der Waals surface area contributed by atoms with Crippen LogP contribution in [0, 0.1) is 19.7 Å². The van der Waals surface area contributed by atoms with Gasteiger partial charge >= 0.3 is 5.97 Å². The first-order valence-corrected chi connectivity index (χ1v) is 8.12. The molecule has 138 valence electrons. The quantitative estimate of drug-likeness (QED) is 0.605. The molecule has 5 nitrogen and oxygen atoms in total. The first-order valence-electron chi connectivity index (χ1n) is 8.12. The van der Waals surface area contributed by atoms with Crippen molar-refractivity contribution < 1.29 is 23.5 Å². The Morgan fingerprint density at radius 2 is 1.84 bits per heavy atom. The Hall–Kier alpha value is -2.37. The molecular weight excluding hydrogens is 325 g/mol. The van der Waals surface area contributed by atoms with Gasteiger partial charge in [0.15, 0.2) is 6.10 Å². The number of aryl methyl sites for hydroxylation is 2.